The minimum Gasteiger partial charge on any atom is -0.361 e. The normalized spacial score (nSPS) is 18.2. The molecule has 106 valence electrons. The molecule has 0 saturated heterocycles. The predicted molar refractivity (Wildman–Crippen MR) is 85.6 cm³/mol. The zero-order valence-electron chi connectivity index (χ0n) is 12.1. The Balaban J connectivity index is 1.76. The molecule has 0 radical (unpaired) electrons. The van der Waals surface area contributed by atoms with E-state index in [0.717, 1.165) is 32.6 Å². The summed E-state index contributed by atoms with van der Waals surface area (Å²) in [6, 6.07) is 8.52. The third-order valence-electron chi connectivity index (χ3n) is 4.20. The van der Waals surface area contributed by atoms with Crippen LogP contribution in [0.25, 0.3) is 16.5 Å². The maximum Gasteiger partial charge on any atom is 0.0460 e. The first-order valence-corrected chi connectivity index (χ1v) is 7.46. The van der Waals surface area contributed by atoms with Crippen LogP contribution in [0.4, 0.5) is 0 Å². The van der Waals surface area contributed by atoms with Gasteiger partial charge in [-0.1, -0.05) is 31.2 Å². The van der Waals surface area contributed by atoms with Crippen molar-refractivity contribution in [2.45, 2.75) is 13.3 Å². The number of fused-ring (bicyclic) bond motifs is 1. The summed E-state index contributed by atoms with van der Waals surface area (Å²) in [5.41, 5.74) is 9.77. The van der Waals surface area contributed by atoms with Gasteiger partial charge in [0.1, 0.15) is 0 Å². The number of nitrogens with two attached hydrogens (primary N) is 1. The largest absolute Gasteiger partial charge is 0.361 e. The van der Waals surface area contributed by atoms with Gasteiger partial charge in [-0.05, 0) is 30.5 Å². The minimum atomic E-state index is 0.582. The molecule has 1 aliphatic heterocycles. The average Bonchev–Trinajstić information content (AvgIpc) is 2.92. The summed E-state index contributed by atoms with van der Waals surface area (Å²) >= 11 is 0. The molecule has 1 aromatic heterocycles. The number of benzene rings is 1. The molecule has 3 heteroatoms. The molecule has 20 heavy (non-hydrogen) atoms. The van der Waals surface area contributed by atoms with Crippen LogP contribution < -0.4 is 5.73 Å². The molecule has 0 spiro atoms. The predicted octanol–water partition coefficient (Wildman–Crippen LogP) is 2.85. The Morgan fingerprint density at radius 1 is 1.35 bits per heavy atom. The van der Waals surface area contributed by atoms with Crippen molar-refractivity contribution in [3.63, 3.8) is 0 Å². The van der Waals surface area contributed by atoms with Crippen LogP contribution >= 0.6 is 0 Å². The van der Waals surface area contributed by atoms with E-state index in [1.165, 1.54) is 22.0 Å². The van der Waals surface area contributed by atoms with Crippen LogP contribution in [-0.4, -0.2) is 36.1 Å². The summed E-state index contributed by atoms with van der Waals surface area (Å²) in [5.74, 6) is 0.582. The second-order valence-electron chi connectivity index (χ2n) is 5.83. The van der Waals surface area contributed by atoms with E-state index in [2.05, 4.69) is 53.3 Å². The molecule has 1 aliphatic rings. The third kappa shape index (κ3) is 2.65. The molecule has 0 aliphatic carbocycles. The summed E-state index contributed by atoms with van der Waals surface area (Å²) in [5, 5.41) is 1.34. The van der Waals surface area contributed by atoms with Crippen LogP contribution in [0.5, 0.6) is 0 Å². The molecule has 0 saturated carbocycles. The smallest absolute Gasteiger partial charge is 0.0460 e. The second-order valence-corrected chi connectivity index (χ2v) is 5.83. The highest BCUT2D eigenvalue weighted by atomic mass is 15.1. The quantitative estimate of drug-likeness (QED) is 0.896. The lowest BCUT2D eigenvalue weighted by molar-refractivity contribution is 0.262. The van der Waals surface area contributed by atoms with E-state index in [4.69, 9.17) is 5.73 Å². The van der Waals surface area contributed by atoms with E-state index in [9.17, 15) is 0 Å². The molecule has 1 aromatic carbocycles. The van der Waals surface area contributed by atoms with E-state index in [1.807, 2.05) is 0 Å². The van der Waals surface area contributed by atoms with Crippen molar-refractivity contribution in [2.75, 3.05) is 26.2 Å². The van der Waals surface area contributed by atoms with Crippen molar-refractivity contribution >= 4 is 16.5 Å². The number of aromatic nitrogens is 1. The molecule has 0 fully saturated rings. The zero-order valence-corrected chi connectivity index (χ0v) is 12.1. The number of nitrogens with one attached hydrogen (secondary N) is 1. The van der Waals surface area contributed by atoms with Gasteiger partial charge in [-0.25, -0.2) is 0 Å². The summed E-state index contributed by atoms with van der Waals surface area (Å²) in [7, 11) is 0. The van der Waals surface area contributed by atoms with Gasteiger partial charge in [0, 0.05) is 42.3 Å². The van der Waals surface area contributed by atoms with Crippen molar-refractivity contribution in [3.8, 4) is 0 Å². The third-order valence-corrected chi connectivity index (χ3v) is 4.20. The van der Waals surface area contributed by atoms with Gasteiger partial charge >= 0.3 is 0 Å². The first-order chi connectivity index (χ1) is 9.78. The first-order valence-electron chi connectivity index (χ1n) is 7.46. The monoisotopic (exact) mass is 269 g/mol. The number of aromatic amines is 1. The van der Waals surface area contributed by atoms with Gasteiger partial charge in [0.2, 0.25) is 0 Å². The molecule has 2 aromatic rings. The van der Waals surface area contributed by atoms with E-state index >= 15 is 0 Å². The highest BCUT2D eigenvalue weighted by molar-refractivity contribution is 5.92. The summed E-state index contributed by atoms with van der Waals surface area (Å²) in [6.07, 6.45) is 5.65. The Hall–Kier alpha value is -1.58. The van der Waals surface area contributed by atoms with Crippen LogP contribution in [0.15, 0.2) is 36.5 Å². The van der Waals surface area contributed by atoms with E-state index in [0.29, 0.717) is 5.92 Å². The van der Waals surface area contributed by atoms with Crippen molar-refractivity contribution in [2.24, 2.45) is 11.7 Å². The SMILES string of the molecule is CC(CN)CN1CC=C(c2c[nH]c3ccccc23)CC1. The Morgan fingerprint density at radius 2 is 2.20 bits per heavy atom. The Bertz CT molecular complexity index is 611. The Morgan fingerprint density at radius 3 is 2.95 bits per heavy atom. The lowest BCUT2D eigenvalue weighted by Gasteiger charge is -2.28. The number of para-hydroxylation sites is 1. The number of hydrogen-bond donors (Lipinski definition) is 2. The van der Waals surface area contributed by atoms with E-state index in [-0.39, 0.29) is 0 Å². The molecule has 1 atom stereocenters. The van der Waals surface area contributed by atoms with Crippen LogP contribution in [0.3, 0.4) is 0 Å². The second kappa shape index (κ2) is 5.81. The van der Waals surface area contributed by atoms with Gasteiger partial charge in [-0.15, -0.1) is 0 Å². The summed E-state index contributed by atoms with van der Waals surface area (Å²) in [6.45, 7) is 6.28. The maximum absolute atomic E-state index is 5.71. The van der Waals surface area contributed by atoms with Gasteiger partial charge < -0.3 is 10.7 Å². The van der Waals surface area contributed by atoms with Crippen LogP contribution in [0, 0.1) is 5.92 Å². The van der Waals surface area contributed by atoms with Crippen LogP contribution in [0.1, 0.15) is 18.9 Å². The van der Waals surface area contributed by atoms with Gasteiger partial charge in [-0.2, -0.15) is 0 Å². The van der Waals surface area contributed by atoms with Gasteiger partial charge in [0.05, 0.1) is 0 Å². The van der Waals surface area contributed by atoms with Gasteiger partial charge in [0.25, 0.3) is 0 Å². The topological polar surface area (TPSA) is 45.0 Å². The van der Waals surface area contributed by atoms with Gasteiger partial charge in [-0.3, -0.25) is 4.90 Å². The Labute approximate surface area is 120 Å². The number of H-pyrrole nitrogens is 1. The highest BCUT2D eigenvalue weighted by Gasteiger charge is 2.16. The standard InChI is InChI=1S/C17H23N3/c1-13(10-18)12-20-8-6-14(7-9-20)16-11-19-17-5-3-2-4-15(16)17/h2-6,11,13,19H,7-10,12,18H2,1H3. The molecule has 2 heterocycles. The first kappa shape index (κ1) is 13.4. The minimum absolute atomic E-state index is 0.582. The number of nitrogens with zero attached hydrogens (tertiary/aromatic N) is 1. The van der Waals surface area contributed by atoms with Gasteiger partial charge in [0.15, 0.2) is 0 Å². The van der Waals surface area contributed by atoms with Crippen LogP contribution in [-0.2, 0) is 0 Å². The number of hydrogen-bond acceptors (Lipinski definition) is 2. The molecule has 3 rings (SSSR count). The summed E-state index contributed by atoms with van der Waals surface area (Å²) in [4.78, 5) is 5.86. The fraction of sp³-hybridized carbons (Fsp3) is 0.412. The molecule has 0 amide bonds. The zero-order chi connectivity index (χ0) is 13.9. The van der Waals surface area contributed by atoms with E-state index < -0.39 is 0 Å². The number of rotatable bonds is 4. The molecular formula is C17H23N3. The molecule has 3 N–H and O–H groups in total. The molecule has 3 nitrogen and oxygen atoms in total. The van der Waals surface area contributed by atoms with E-state index in [1.54, 1.807) is 0 Å². The maximum atomic E-state index is 5.71. The summed E-state index contributed by atoms with van der Waals surface area (Å²) < 4.78 is 0. The fourth-order valence-electron chi connectivity index (χ4n) is 2.97. The lowest BCUT2D eigenvalue weighted by Crippen LogP contribution is -2.34. The molecular weight excluding hydrogens is 246 g/mol. The lowest BCUT2D eigenvalue weighted by atomic mass is 9.98. The average molecular weight is 269 g/mol. The van der Waals surface area contributed by atoms with Crippen molar-refractivity contribution in [1.29, 1.82) is 0 Å². The Kier molecular flexibility index (Phi) is 3.90. The van der Waals surface area contributed by atoms with Crippen molar-refractivity contribution < 1.29 is 0 Å². The molecule has 1 unspecified atom stereocenters. The highest BCUT2D eigenvalue weighted by Crippen LogP contribution is 2.29. The molecule has 0 bridgehead atoms. The van der Waals surface area contributed by atoms with Crippen LogP contribution in [0.2, 0.25) is 0 Å². The fourth-order valence-corrected chi connectivity index (χ4v) is 2.97. The van der Waals surface area contributed by atoms with Crippen molar-refractivity contribution in [1.82, 2.24) is 9.88 Å². The van der Waals surface area contributed by atoms with Crippen molar-refractivity contribution in [3.05, 3.63) is 42.1 Å².